The van der Waals surface area contributed by atoms with Crippen LogP contribution in [0.3, 0.4) is 0 Å². The molecule has 0 spiro atoms. The Balaban J connectivity index is 1.99. The number of carbonyl (C=O) groups excluding carboxylic acids is 1. The van der Waals surface area contributed by atoms with Crippen molar-refractivity contribution in [2.75, 3.05) is 5.75 Å². The first-order chi connectivity index (χ1) is 12.5. The van der Waals surface area contributed by atoms with Gasteiger partial charge in [0.1, 0.15) is 0 Å². The van der Waals surface area contributed by atoms with Crippen LogP contribution in [-0.4, -0.2) is 20.0 Å². The number of benzene rings is 3. The lowest BCUT2D eigenvalue weighted by molar-refractivity contribution is 0.0967. The molecule has 0 N–H and O–H groups in total. The summed E-state index contributed by atoms with van der Waals surface area (Å²) in [5.41, 5.74) is 2.21. The molecule has 0 saturated heterocycles. The second kappa shape index (κ2) is 7.67. The van der Waals surface area contributed by atoms with Crippen LogP contribution in [-0.2, 0) is 9.84 Å². The Morgan fingerprint density at radius 3 is 1.92 bits per heavy atom. The molecule has 4 heteroatoms. The van der Waals surface area contributed by atoms with Crippen LogP contribution >= 0.6 is 0 Å². The van der Waals surface area contributed by atoms with Gasteiger partial charge < -0.3 is 0 Å². The second-order valence-corrected chi connectivity index (χ2v) is 8.32. The van der Waals surface area contributed by atoms with E-state index >= 15 is 0 Å². The fourth-order valence-electron chi connectivity index (χ4n) is 2.87. The van der Waals surface area contributed by atoms with Crippen LogP contribution < -0.4 is 0 Å². The molecule has 0 radical (unpaired) electrons. The first-order valence-corrected chi connectivity index (χ1v) is 10.1. The molecule has 26 heavy (non-hydrogen) atoms. The van der Waals surface area contributed by atoms with E-state index in [9.17, 15) is 13.2 Å². The highest BCUT2D eigenvalue weighted by molar-refractivity contribution is 7.91. The fourth-order valence-corrected chi connectivity index (χ4v) is 4.40. The monoisotopic (exact) mass is 364 g/mol. The van der Waals surface area contributed by atoms with Crippen molar-refractivity contribution in [3.05, 3.63) is 102 Å². The molecule has 0 aliphatic heterocycles. The highest BCUT2D eigenvalue weighted by atomic mass is 32.2. The summed E-state index contributed by atoms with van der Waals surface area (Å²) in [5, 5.41) is 0. The van der Waals surface area contributed by atoms with Gasteiger partial charge in [0.2, 0.25) is 0 Å². The largest absolute Gasteiger partial charge is 0.293 e. The molecule has 0 fully saturated rings. The van der Waals surface area contributed by atoms with Gasteiger partial charge in [0.15, 0.2) is 15.6 Å². The summed E-state index contributed by atoms with van der Waals surface area (Å²) in [6, 6.07) is 24.7. The molecule has 0 aliphatic rings. The van der Waals surface area contributed by atoms with Gasteiger partial charge in [0, 0.05) is 5.56 Å². The molecule has 0 amide bonds. The highest BCUT2D eigenvalue weighted by Crippen LogP contribution is 2.26. The number of aryl methyl sites for hydroxylation is 1. The standard InChI is InChI=1S/C22H20O3S/c1-17-12-14-20(15-13-17)26(24,25)16-21(18-8-4-2-5-9-18)22(23)19-10-6-3-7-11-19/h2-15,21H,16H2,1H3/t21-/m0/s1. The zero-order valence-corrected chi connectivity index (χ0v) is 15.3. The van der Waals surface area contributed by atoms with Crippen molar-refractivity contribution < 1.29 is 13.2 Å². The van der Waals surface area contributed by atoms with E-state index in [1.165, 1.54) is 0 Å². The summed E-state index contributed by atoms with van der Waals surface area (Å²) in [7, 11) is -3.60. The molecule has 3 aromatic carbocycles. The smallest absolute Gasteiger partial charge is 0.179 e. The minimum Gasteiger partial charge on any atom is -0.293 e. The van der Waals surface area contributed by atoms with Crippen LogP contribution in [0.2, 0.25) is 0 Å². The average Bonchev–Trinajstić information content (AvgIpc) is 2.67. The molecule has 0 heterocycles. The van der Waals surface area contributed by atoms with Crippen molar-refractivity contribution in [3.63, 3.8) is 0 Å². The van der Waals surface area contributed by atoms with Gasteiger partial charge in [-0.2, -0.15) is 0 Å². The molecular weight excluding hydrogens is 344 g/mol. The second-order valence-electron chi connectivity index (χ2n) is 6.29. The van der Waals surface area contributed by atoms with Gasteiger partial charge in [-0.25, -0.2) is 8.42 Å². The normalized spacial score (nSPS) is 12.5. The Morgan fingerprint density at radius 1 is 0.808 bits per heavy atom. The maximum Gasteiger partial charge on any atom is 0.179 e. The third-order valence-electron chi connectivity index (χ3n) is 4.34. The van der Waals surface area contributed by atoms with Crippen LogP contribution in [0.15, 0.2) is 89.8 Å². The minimum atomic E-state index is -3.60. The number of Topliss-reactive ketones (excluding diaryl/α,β-unsaturated/α-hetero) is 1. The van der Waals surface area contributed by atoms with Crippen LogP contribution in [0, 0.1) is 6.92 Å². The van der Waals surface area contributed by atoms with E-state index in [1.807, 2.05) is 31.2 Å². The van der Waals surface area contributed by atoms with E-state index in [0.717, 1.165) is 5.56 Å². The lowest BCUT2D eigenvalue weighted by Gasteiger charge is -2.17. The van der Waals surface area contributed by atoms with Gasteiger partial charge in [-0.3, -0.25) is 4.79 Å². The van der Waals surface area contributed by atoms with E-state index in [-0.39, 0.29) is 16.4 Å². The average molecular weight is 364 g/mol. The number of rotatable bonds is 6. The molecule has 0 aliphatic carbocycles. The Morgan fingerprint density at radius 2 is 1.35 bits per heavy atom. The van der Waals surface area contributed by atoms with Crippen molar-refractivity contribution in [2.24, 2.45) is 0 Å². The van der Waals surface area contributed by atoms with Gasteiger partial charge in [0.25, 0.3) is 0 Å². The Kier molecular flexibility index (Phi) is 5.33. The van der Waals surface area contributed by atoms with Crippen LogP contribution in [0.5, 0.6) is 0 Å². The predicted molar refractivity (Wildman–Crippen MR) is 103 cm³/mol. The van der Waals surface area contributed by atoms with Gasteiger partial charge in [-0.15, -0.1) is 0 Å². The highest BCUT2D eigenvalue weighted by Gasteiger charge is 2.28. The maximum absolute atomic E-state index is 13.0. The number of hydrogen-bond donors (Lipinski definition) is 0. The number of hydrogen-bond acceptors (Lipinski definition) is 3. The molecule has 3 aromatic rings. The summed E-state index contributed by atoms with van der Waals surface area (Å²) in [5.74, 6) is -1.19. The van der Waals surface area contributed by atoms with Crippen LogP contribution in [0.25, 0.3) is 0 Å². The molecule has 3 nitrogen and oxygen atoms in total. The zero-order valence-electron chi connectivity index (χ0n) is 14.5. The summed E-state index contributed by atoms with van der Waals surface area (Å²) < 4.78 is 25.8. The summed E-state index contributed by atoms with van der Waals surface area (Å²) in [6.45, 7) is 1.90. The number of ketones is 1. The third kappa shape index (κ3) is 4.09. The third-order valence-corrected chi connectivity index (χ3v) is 6.11. The minimum absolute atomic E-state index is 0.188. The molecule has 1 atom stereocenters. The maximum atomic E-state index is 13.0. The summed E-state index contributed by atoms with van der Waals surface area (Å²) in [4.78, 5) is 13.3. The van der Waals surface area contributed by atoms with Gasteiger partial charge in [-0.1, -0.05) is 78.4 Å². The Bertz CT molecular complexity index is 977. The Labute approximate surface area is 154 Å². The van der Waals surface area contributed by atoms with Gasteiger partial charge >= 0.3 is 0 Å². The molecule has 132 valence electrons. The Hall–Kier alpha value is -2.72. The van der Waals surface area contributed by atoms with Gasteiger partial charge in [0.05, 0.1) is 16.6 Å². The predicted octanol–water partition coefficient (Wildman–Crippen LogP) is 4.44. The van der Waals surface area contributed by atoms with E-state index in [0.29, 0.717) is 11.1 Å². The lowest BCUT2D eigenvalue weighted by atomic mass is 9.92. The first kappa shape index (κ1) is 18.1. The SMILES string of the molecule is Cc1ccc(S(=O)(=O)C[C@H](C(=O)c2ccccc2)c2ccccc2)cc1. The van der Waals surface area contributed by atoms with Crippen molar-refractivity contribution in [2.45, 2.75) is 17.7 Å². The first-order valence-electron chi connectivity index (χ1n) is 8.41. The van der Waals surface area contributed by atoms with Crippen molar-refractivity contribution in [1.82, 2.24) is 0 Å². The van der Waals surface area contributed by atoms with Crippen LogP contribution in [0.1, 0.15) is 27.4 Å². The quantitative estimate of drug-likeness (QED) is 0.608. The number of sulfone groups is 1. The molecule has 0 saturated carbocycles. The van der Waals surface area contributed by atoms with Gasteiger partial charge in [-0.05, 0) is 24.6 Å². The molecule has 3 rings (SSSR count). The molecule has 0 aromatic heterocycles. The lowest BCUT2D eigenvalue weighted by Crippen LogP contribution is -2.22. The zero-order chi connectivity index (χ0) is 18.6. The van der Waals surface area contributed by atoms with Crippen LogP contribution in [0.4, 0.5) is 0 Å². The molecule has 0 bridgehead atoms. The van der Waals surface area contributed by atoms with Crippen molar-refractivity contribution >= 4 is 15.6 Å². The van der Waals surface area contributed by atoms with Crippen molar-refractivity contribution in [1.29, 1.82) is 0 Å². The van der Waals surface area contributed by atoms with E-state index < -0.39 is 15.8 Å². The number of carbonyl (C=O) groups is 1. The van der Waals surface area contributed by atoms with E-state index in [4.69, 9.17) is 0 Å². The molecule has 0 unspecified atom stereocenters. The van der Waals surface area contributed by atoms with Crippen molar-refractivity contribution in [3.8, 4) is 0 Å². The molecular formula is C22H20O3S. The van der Waals surface area contributed by atoms with E-state index in [1.54, 1.807) is 60.7 Å². The topological polar surface area (TPSA) is 51.2 Å². The fraction of sp³-hybridized carbons (Fsp3) is 0.136. The van der Waals surface area contributed by atoms with E-state index in [2.05, 4.69) is 0 Å². The summed E-state index contributed by atoms with van der Waals surface area (Å²) >= 11 is 0. The summed E-state index contributed by atoms with van der Waals surface area (Å²) in [6.07, 6.45) is 0.